The molecule has 0 saturated carbocycles. The molecule has 110 valence electrons. The first kappa shape index (κ1) is 15.4. The molecule has 0 fully saturated rings. The molecule has 5 heteroatoms. The summed E-state index contributed by atoms with van der Waals surface area (Å²) in [7, 11) is 0. The van der Waals surface area contributed by atoms with Gasteiger partial charge in [0.05, 0.1) is 23.3 Å². The van der Waals surface area contributed by atoms with Crippen LogP contribution in [0.4, 0.5) is 0 Å². The summed E-state index contributed by atoms with van der Waals surface area (Å²) in [5.74, 6) is 1.04. The van der Waals surface area contributed by atoms with Crippen LogP contribution in [0.25, 0.3) is 0 Å². The lowest BCUT2D eigenvalue weighted by Gasteiger charge is -2.13. The van der Waals surface area contributed by atoms with Crippen molar-refractivity contribution >= 4 is 0 Å². The van der Waals surface area contributed by atoms with E-state index in [9.17, 15) is 5.11 Å². The van der Waals surface area contributed by atoms with E-state index in [-0.39, 0.29) is 13.2 Å². The number of rotatable bonds is 6. The lowest BCUT2D eigenvalue weighted by molar-refractivity contribution is 0.0626. The van der Waals surface area contributed by atoms with Gasteiger partial charge in [0.15, 0.2) is 0 Å². The second-order valence-electron chi connectivity index (χ2n) is 4.56. The van der Waals surface area contributed by atoms with Crippen LogP contribution in [-0.4, -0.2) is 24.4 Å². The molecular weight excluding hydrogens is 280 g/mol. The van der Waals surface area contributed by atoms with E-state index >= 15 is 0 Å². The molecule has 0 radical (unpaired) electrons. The molecule has 0 aliphatic rings. The van der Waals surface area contributed by atoms with Crippen LogP contribution in [0.3, 0.4) is 0 Å². The highest BCUT2D eigenvalue weighted by Crippen LogP contribution is 2.14. The lowest BCUT2D eigenvalue weighted by atomic mass is 10.2. The fraction of sp³-hybridized carbons (Fsp3) is 0.176. The molecule has 0 spiro atoms. The maximum Gasteiger partial charge on any atom is 0.122 e. The summed E-state index contributed by atoms with van der Waals surface area (Å²) in [6, 6.07) is 17.4. The zero-order chi connectivity index (χ0) is 15.8. The summed E-state index contributed by atoms with van der Waals surface area (Å²) in [5, 5.41) is 27.4. The maximum atomic E-state index is 9.84. The third kappa shape index (κ3) is 4.52. The Morgan fingerprint density at radius 3 is 1.73 bits per heavy atom. The van der Waals surface area contributed by atoms with Gasteiger partial charge in [-0.05, 0) is 36.4 Å². The third-order valence-electron chi connectivity index (χ3n) is 2.81. The molecule has 5 nitrogen and oxygen atoms in total. The number of nitriles is 2. The van der Waals surface area contributed by atoms with Crippen LogP contribution in [0.1, 0.15) is 11.1 Å². The topological polar surface area (TPSA) is 86.3 Å². The zero-order valence-corrected chi connectivity index (χ0v) is 11.8. The van der Waals surface area contributed by atoms with Gasteiger partial charge in [0.1, 0.15) is 30.8 Å². The van der Waals surface area contributed by atoms with Gasteiger partial charge >= 0.3 is 0 Å². The van der Waals surface area contributed by atoms with E-state index in [2.05, 4.69) is 0 Å². The van der Waals surface area contributed by atoms with Crippen molar-refractivity contribution in [3.8, 4) is 23.6 Å². The molecule has 22 heavy (non-hydrogen) atoms. The van der Waals surface area contributed by atoms with Gasteiger partial charge in [0.2, 0.25) is 0 Å². The van der Waals surface area contributed by atoms with Crippen LogP contribution in [0.2, 0.25) is 0 Å². The first-order valence-electron chi connectivity index (χ1n) is 6.65. The maximum absolute atomic E-state index is 9.84. The minimum atomic E-state index is -0.823. The molecule has 0 unspecified atom stereocenters. The van der Waals surface area contributed by atoms with Gasteiger partial charge in [-0.3, -0.25) is 0 Å². The summed E-state index contributed by atoms with van der Waals surface area (Å²) in [6.45, 7) is 0.0969. The van der Waals surface area contributed by atoms with Crippen molar-refractivity contribution in [3.05, 3.63) is 59.7 Å². The van der Waals surface area contributed by atoms with E-state index in [1.807, 2.05) is 12.1 Å². The molecule has 0 aromatic heterocycles. The van der Waals surface area contributed by atoms with Crippen molar-refractivity contribution in [2.24, 2.45) is 0 Å². The first-order valence-corrected chi connectivity index (χ1v) is 6.65. The second kappa shape index (κ2) is 7.68. The Morgan fingerprint density at radius 2 is 1.32 bits per heavy atom. The average molecular weight is 294 g/mol. The smallest absolute Gasteiger partial charge is 0.122 e. The lowest BCUT2D eigenvalue weighted by Crippen LogP contribution is -2.25. The van der Waals surface area contributed by atoms with Crippen LogP contribution >= 0.6 is 0 Å². The Hall–Kier alpha value is -3.02. The normalized spacial score (nSPS) is 9.82. The predicted octanol–water partition coefficient (Wildman–Crippen LogP) is 2.25. The number of hydrogen-bond acceptors (Lipinski definition) is 5. The minimum Gasteiger partial charge on any atom is -0.491 e. The summed E-state index contributed by atoms with van der Waals surface area (Å²) >= 11 is 0. The third-order valence-corrected chi connectivity index (χ3v) is 2.81. The highest BCUT2D eigenvalue weighted by molar-refractivity contribution is 5.37. The van der Waals surface area contributed by atoms with Gasteiger partial charge < -0.3 is 14.6 Å². The molecule has 2 aromatic rings. The van der Waals surface area contributed by atoms with E-state index in [1.165, 1.54) is 0 Å². The van der Waals surface area contributed by atoms with Crippen molar-refractivity contribution < 1.29 is 14.6 Å². The average Bonchev–Trinajstić information content (AvgIpc) is 2.58. The van der Waals surface area contributed by atoms with Crippen molar-refractivity contribution in [2.75, 3.05) is 13.2 Å². The predicted molar refractivity (Wildman–Crippen MR) is 79.3 cm³/mol. The van der Waals surface area contributed by atoms with Crippen molar-refractivity contribution in [2.45, 2.75) is 6.10 Å². The summed E-state index contributed by atoms with van der Waals surface area (Å²) in [6.07, 6.45) is -0.823. The van der Waals surface area contributed by atoms with E-state index in [1.54, 1.807) is 48.5 Å². The van der Waals surface area contributed by atoms with Gasteiger partial charge in [-0.1, -0.05) is 12.1 Å². The van der Waals surface area contributed by atoms with E-state index in [0.29, 0.717) is 22.6 Å². The molecule has 2 rings (SSSR count). The van der Waals surface area contributed by atoms with Crippen LogP contribution in [-0.2, 0) is 0 Å². The minimum absolute atomic E-state index is 0.0484. The number of hydrogen-bond donors (Lipinski definition) is 1. The number of aliphatic hydroxyl groups is 1. The number of aliphatic hydroxyl groups excluding tert-OH is 1. The molecule has 2 aromatic carbocycles. The summed E-state index contributed by atoms with van der Waals surface area (Å²) in [5.41, 5.74) is 0.994. The molecular formula is C17H14N2O3. The Bertz CT molecular complexity index is 655. The largest absolute Gasteiger partial charge is 0.491 e. The molecule has 0 aliphatic heterocycles. The SMILES string of the molecule is N#Cc1cccc(OCC(O)COc2cccc(C#N)c2)c1. The Balaban J connectivity index is 1.81. The van der Waals surface area contributed by atoms with Crippen molar-refractivity contribution in [1.29, 1.82) is 10.5 Å². The Morgan fingerprint density at radius 1 is 0.864 bits per heavy atom. The molecule has 0 atom stereocenters. The Labute approximate surface area is 128 Å². The van der Waals surface area contributed by atoms with Crippen molar-refractivity contribution in [1.82, 2.24) is 0 Å². The van der Waals surface area contributed by atoms with E-state index in [4.69, 9.17) is 20.0 Å². The standard InChI is InChI=1S/C17H14N2O3/c18-9-13-3-1-5-16(7-13)21-11-15(20)12-22-17-6-2-4-14(8-17)10-19/h1-8,15,20H,11-12H2. The number of benzene rings is 2. The quantitative estimate of drug-likeness (QED) is 0.883. The Kier molecular flexibility index (Phi) is 5.37. The van der Waals surface area contributed by atoms with E-state index in [0.717, 1.165) is 0 Å². The number of ether oxygens (including phenoxy) is 2. The molecule has 0 saturated heterocycles. The molecule has 0 aliphatic carbocycles. The van der Waals surface area contributed by atoms with Gasteiger partial charge in [0.25, 0.3) is 0 Å². The van der Waals surface area contributed by atoms with Gasteiger partial charge in [0, 0.05) is 0 Å². The highest BCUT2D eigenvalue weighted by atomic mass is 16.5. The summed E-state index contributed by atoms with van der Waals surface area (Å²) in [4.78, 5) is 0. The zero-order valence-electron chi connectivity index (χ0n) is 11.8. The molecule has 0 bridgehead atoms. The van der Waals surface area contributed by atoms with Crippen LogP contribution in [0.5, 0.6) is 11.5 Å². The second-order valence-corrected chi connectivity index (χ2v) is 4.56. The monoisotopic (exact) mass is 294 g/mol. The number of nitrogens with zero attached hydrogens (tertiary/aromatic N) is 2. The highest BCUT2D eigenvalue weighted by Gasteiger charge is 2.07. The first-order chi connectivity index (χ1) is 10.7. The van der Waals surface area contributed by atoms with Gasteiger partial charge in [-0.2, -0.15) is 10.5 Å². The van der Waals surface area contributed by atoms with Crippen molar-refractivity contribution in [3.63, 3.8) is 0 Å². The molecule has 1 N–H and O–H groups in total. The molecule has 0 heterocycles. The fourth-order valence-electron chi connectivity index (χ4n) is 1.74. The van der Waals surface area contributed by atoms with Crippen LogP contribution in [0.15, 0.2) is 48.5 Å². The molecule has 0 amide bonds. The van der Waals surface area contributed by atoms with Crippen LogP contribution < -0.4 is 9.47 Å². The fourth-order valence-corrected chi connectivity index (χ4v) is 1.74. The van der Waals surface area contributed by atoms with Crippen LogP contribution in [0, 0.1) is 22.7 Å². The van der Waals surface area contributed by atoms with Gasteiger partial charge in [-0.15, -0.1) is 0 Å². The van der Waals surface area contributed by atoms with E-state index < -0.39 is 6.10 Å². The summed E-state index contributed by atoms with van der Waals surface area (Å²) < 4.78 is 10.8. The van der Waals surface area contributed by atoms with Gasteiger partial charge in [-0.25, -0.2) is 0 Å².